The molecular formula is C26H22. The van der Waals surface area contributed by atoms with Crippen LogP contribution in [0, 0.1) is 0 Å². The molecule has 0 unspecified atom stereocenters. The molecule has 0 nitrogen and oxygen atoms in total. The van der Waals surface area contributed by atoms with Gasteiger partial charge in [-0.25, -0.2) is 0 Å². The van der Waals surface area contributed by atoms with E-state index in [1.54, 1.807) is 12.2 Å². The predicted molar refractivity (Wildman–Crippen MR) is 115 cm³/mol. The maximum absolute atomic E-state index is 4.02. The fraction of sp³-hybridized carbons (Fsp3) is 0. The third kappa shape index (κ3) is 2.87. The highest BCUT2D eigenvalue weighted by atomic mass is 14.3. The molecule has 3 rings (SSSR count). The first-order valence-corrected chi connectivity index (χ1v) is 8.61. The lowest BCUT2D eigenvalue weighted by atomic mass is 9.87. The van der Waals surface area contributed by atoms with Crippen molar-refractivity contribution >= 4 is 5.57 Å². The highest BCUT2D eigenvalue weighted by Crippen LogP contribution is 2.48. The van der Waals surface area contributed by atoms with Gasteiger partial charge in [0, 0.05) is 0 Å². The Balaban J connectivity index is 2.50. The van der Waals surface area contributed by atoms with E-state index < -0.39 is 0 Å². The summed E-state index contributed by atoms with van der Waals surface area (Å²) in [6.07, 6.45) is 11.3. The molecule has 126 valence electrons. The molecular weight excluding hydrogens is 312 g/mol. The van der Waals surface area contributed by atoms with Crippen molar-refractivity contribution in [2.45, 2.75) is 0 Å². The minimum atomic E-state index is 1.01. The molecule has 0 spiro atoms. The summed E-state index contributed by atoms with van der Waals surface area (Å²) in [5.41, 5.74) is 9.24. The van der Waals surface area contributed by atoms with Gasteiger partial charge in [0.15, 0.2) is 0 Å². The van der Waals surface area contributed by atoms with Gasteiger partial charge in [-0.15, -0.1) is 0 Å². The summed E-state index contributed by atoms with van der Waals surface area (Å²) in [6, 6.07) is 17.0. The van der Waals surface area contributed by atoms with E-state index in [4.69, 9.17) is 0 Å². The number of hydrogen-bond donors (Lipinski definition) is 0. The van der Waals surface area contributed by atoms with Crippen LogP contribution in [-0.4, -0.2) is 0 Å². The van der Waals surface area contributed by atoms with Crippen LogP contribution >= 0.6 is 0 Å². The topological polar surface area (TPSA) is 0 Å². The normalized spacial score (nSPS) is 12.8. The van der Waals surface area contributed by atoms with Crippen LogP contribution in [0.1, 0.15) is 11.1 Å². The van der Waals surface area contributed by atoms with E-state index in [9.17, 15) is 0 Å². The predicted octanol–water partition coefficient (Wildman–Crippen LogP) is 7.07. The fourth-order valence-electron chi connectivity index (χ4n) is 3.50. The lowest BCUT2D eigenvalue weighted by Gasteiger charge is -2.16. The monoisotopic (exact) mass is 334 g/mol. The summed E-state index contributed by atoms with van der Waals surface area (Å²) < 4.78 is 0. The summed E-state index contributed by atoms with van der Waals surface area (Å²) in [7, 11) is 0. The van der Waals surface area contributed by atoms with Crippen LogP contribution in [0.5, 0.6) is 0 Å². The van der Waals surface area contributed by atoms with Crippen LogP contribution in [0.2, 0.25) is 0 Å². The molecule has 0 heteroatoms. The highest BCUT2D eigenvalue weighted by molar-refractivity contribution is 6.04. The second-order valence-corrected chi connectivity index (χ2v) is 5.96. The number of rotatable bonds is 6. The summed E-state index contributed by atoms with van der Waals surface area (Å²) in [4.78, 5) is 0. The molecule has 26 heavy (non-hydrogen) atoms. The Morgan fingerprint density at radius 1 is 0.577 bits per heavy atom. The summed E-state index contributed by atoms with van der Waals surface area (Å²) >= 11 is 0. The van der Waals surface area contributed by atoms with Gasteiger partial charge in [0.1, 0.15) is 0 Å². The molecule has 2 aromatic carbocycles. The molecule has 1 aliphatic carbocycles. The van der Waals surface area contributed by atoms with Crippen molar-refractivity contribution < 1.29 is 0 Å². The molecule has 0 atom stereocenters. The van der Waals surface area contributed by atoms with Crippen molar-refractivity contribution in [2.75, 3.05) is 0 Å². The molecule has 0 aromatic heterocycles. The number of benzene rings is 2. The smallest absolute Gasteiger partial charge is 0.00143 e. The summed E-state index contributed by atoms with van der Waals surface area (Å²) in [5, 5.41) is 0. The van der Waals surface area contributed by atoms with Gasteiger partial charge in [0.25, 0.3) is 0 Å². The lowest BCUT2D eigenvalue weighted by Crippen LogP contribution is -1.97. The quantitative estimate of drug-likeness (QED) is 0.423. The first kappa shape index (κ1) is 17.4. The van der Waals surface area contributed by atoms with Crippen molar-refractivity contribution in [3.8, 4) is 11.1 Å². The Kier molecular flexibility index (Phi) is 5.15. The zero-order chi connectivity index (χ0) is 18.5. The molecule has 0 saturated heterocycles. The zero-order valence-corrected chi connectivity index (χ0v) is 14.9. The van der Waals surface area contributed by atoms with Crippen LogP contribution in [0.4, 0.5) is 0 Å². The first-order chi connectivity index (χ1) is 12.8. The molecule has 0 radical (unpaired) electrons. The van der Waals surface area contributed by atoms with Crippen LogP contribution in [-0.2, 0) is 0 Å². The fourth-order valence-corrected chi connectivity index (χ4v) is 3.50. The summed E-state index contributed by atoms with van der Waals surface area (Å²) in [5.74, 6) is 0. The maximum atomic E-state index is 4.02. The van der Waals surface area contributed by atoms with Crippen LogP contribution in [0.25, 0.3) is 16.7 Å². The Hall–Kier alpha value is -3.38. The maximum Gasteiger partial charge on any atom is -0.00143 e. The van der Waals surface area contributed by atoms with Gasteiger partial charge in [-0.3, -0.25) is 0 Å². The first-order valence-electron chi connectivity index (χ1n) is 8.61. The summed E-state index contributed by atoms with van der Waals surface area (Å²) in [6.45, 7) is 15.8. The SMILES string of the molecule is C=C/C=C(\C=C)C(=C1c2ccccc2-c2ccccc21)/C(C=C)=C/C=C. The van der Waals surface area contributed by atoms with E-state index >= 15 is 0 Å². The van der Waals surface area contributed by atoms with Gasteiger partial charge in [-0.05, 0) is 44.5 Å². The number of fused-ring (bicyclic) bond motifs is 3. The van der Waals surface area contributed by atoms with Gasteiger partial charge in [0.2, 0.25) is 0 Å². The van der Waals surface area contributed by atoms with E-state index in [-0.39, 0.29) is 0 Å². The highest BCUT2D eigenvalue weighted by Gasteiger charge is 2.26. The minimum Gasteiger partial charge on any atom is -0.0990 e. The second-order valence-electron chi connectivity index (χ2n) is 5.96. The van der Waals surface area contributed by atoms with Crippen molar-refractivity contribution in [3.05, 3.63) is 139 Å². The molecule has 1 aliphatic rings. The second kappa shape index (κ2) is 7.67. The lowest BCUT2D eigenvalue weighted by molar-refractivity contribution is 1.45. The third-order valence-electron chi connectivity index (χ3n) is 4.54. The van der Waals surface area contributed by atoms with Gasteiger partial charge >= 0.3 is 0 Å². The third-order valence-corrected chi connectivity index (χ3v) is 4.54. The van der Waals surface area contributed by atoms with Crippen molar-refractivity contribution in [2.24, 2.45) is 0 Å². The molecule has 0 heterocycles. The zero-order valence-electron chi connectivity index (χ0n) is 14.9. The van der Waals surface area contributed by atoms with Crippen LogP contribution in [0.15, 0.2) is 128 Å². The molecule has 0 aliphatic heterocycles. The molecule has 0 N–H and O–H groups in total. The number of hydrogen-bond acceptors (Lipinski definition) is 0. The van der Waals surface area contributed by atoms with E-state index in [2.05, 4.69) is 74.8 Å². The number of allylic oxidation sites excluding steroid dienone is 9. The van der Waals surface area contributed by atoms with Crippen LogP contribution in [0.3, 0.4) is 0 Å². The average Bonchev–Trinajstić information content (AvgIpc) is 3.01. The van der Waals surface area contributed by atoms with E-state index in [0.29, 0.717) is 0 Å². The standard InChI is InChI=1S/C26H22/c1-5-13-19(7-3)25(20(8-4)14-6-2)26-23-17-11-9-15-21(23)22-16-10-12-18-24(22)26/h5-18H,1-4H2/b19-13+,20-14+. The van der Waals surface area contributed by atoms with Gasteiger partial charge < -0.3 is 0 Å². The molecule has 0 saturated carbocycles. The average molecular weight is 334 g/mol. The largest absolute Gasteiger partial charge is 0.0990 e. The van der Waals surface area contributed by atoms with Gasteiger partial charge in [-0.2, -0.15) is 0 Å². The molecule has 0 fully saturated rings. The van der Waals surface area contributed by atoms with Crippen LogP contribution < -0.4 is 0 Å². The van der Waals surface area contributed by atoms with Crippen molar-refractivity contribution in [1.29, 1.82) is 0 Å². The minimum absolute atomic E-state index is 1.01. The molecule has 0 amide bonds. The van der Waals surface area contributed by atoms with Crippen molar-refractivity contribution in [3.63, 3.8) is 0 Å². The van der Waals surface area contributed by atoms with Crippen molar-refractivity contribution in [1.82, 2.24) is 0 Å². The van der Waals surface area contributed by atoms with E-state index in [0.717, 1.165) is 16.7 Å². The Bertz CT molecular complexity index is 911. The Morgan fingerprint density at radius 3 is 1.31 bits per heavy atom. The molecule has 2 aromatic rings. The Labute approximate surface area is 156 Å². The Morgan fingerprint density at radius 2 is 0.962 bits per heavy atom. The van der Waals surface area contributed by atoms with E-state index in [1.165, 1.54) is 27.8 Å². The van der Waals surface area contributed by atoms with E-state index in [1.807, 2.05) is 24.3 Å². The molecule has 0 bridgehead atoms. The van der Waals surface area contributed by atoms with Gasteiger partial charge in [-0.1, -0.05) is 111 Å². The van der Waals surface area contributed by atoms with Gasteiger partial charge in [0.05, 0.1) is 0 Å².